The Labute approximate surface area is 111 Å². The molecule has 1 saturated heterocycles. The van der Waals surface area contributed by atoms with Gasteiger partial charge in [-0.1, -0.05) is 6.08 Å². The fourth-order valence-electron chi connectivity index (χ4n) is 2.17. The third kappa shape index (κ3) is 3.15. The molecule has 108 valence electrons. The van der Waals surface area contributed by atoms with Gasteiger partial charge in [-0.25, -0.2) is 0 Å². The Morgan fingerprint density at radius 2 is 1.74 bits per heavy atom. The maximum absolute atomic E-state index is 12.3. The lowest BCUT2D eigenvalue weighted by Gasteiger charge is -2.32. The quantitative estimate of drug-likeness (QED) is 0.723. The van der Waals surface area contributed by atoms with Crippen molar-refractivity contribution in [1.29, 1.82) is 0 Å². The Morgan fingerprint density at radius 3 is 2.21 bits per heavy atom. The summed E-state index contributed by atoms with van der Waals surface area (Å²) in [7, 11) is -0.539. The van der Waals surface area contributed by atoms with Gasteiger partial charge in [0, 0.05) is 13.1 Å². The van der Waals surface area contributed by atoms with Gasteiger partial charge in [0.25, 0.3) is 0 Å². The molecular weight excluding hydrogens is 258 g/mol. The largest absolute Gasteiger partial charge is 0.491 e. The smallest absolute Gasteiger partial charge is 0.400 e. The standard InChI is InChI=1S/C12H19BF3NO2/c1-10(2)11(3,4)19-13(18-10)9-5-6-17(7-9)8-12(14,15)16/h5H,6-8H2,1-4H3. The molecular formula is C12H19BF3NO2. The molecule has 0 bridgehead atoms. The van der Waals surface area contributed by atoms with Crippen LogP contribution in [0.5, 0.6) is 0 Å². The Kier molecular flexibility index (Phi) is 3.52. The van der Waals surface area contributed by atoms with Gasteiger partial charge in [-0.2, -0.15) is 13.2 Å². The zero-order valence-electron chi connectivity index (χ0n) is 11.7. The number of rotatable bonds is 2. The van der Waals surface area contributed by atoms with Gasteiger partial charge >= 0.3 is 13.3 Å². The van der Waals surface area contributed by atoms with Crippen molar-refractivity contribution in [3.05, 3.63) is 11.5 Å². The van der Waals surface area contributed by atoms with E-state index in [9.17, 15) is 13.2 Å². The first-order valence-electron chi connectivity index (χ1n) is 6.34. The first kappa shape index (κ1) is 14.9. The minimum Gasteiger partial charge on any atom is -0.400 e. The number of hydrogen-bond donors (Lipinski definition) is 0. The maximum Gasteiger partial charge on any atom is 0.491 e. The summed E-state index contributed by atoms with van der Waals surface area (Å²) in [6.45, 7) is 7.35. The van der Waals surface area contributed by atoms with Gasteiger partial charge in [-0.05, 0) is 33.2 Å². The average molecular weight is 277 g/mol. The minimum absolute atomic E-state index is 0.246. The van der Waals surface area contributed by atoms with E-state index < -0.39 is 31.0 Å². The van der Waals surface area contributed by atoms with Crippen molar-refractivity contribution in [1.82, 2.24) is 4.90 Å². The van der Waals surface area contributed by atoms with Crippen molar-refractivity contribution in [3.63, 3.8) is 0 Å². The average Bonchev–Trinajstić information content (AvgIpc) is 2.68. The fraction of sp³-hybridized carbons (Fsp3) is 0.833. The van der Waals surface area contributed by atoms with E-state index in [2.05, 4.69) is 0 Å². The summed E-state index contributed by atoms with van der Waals surface area (Å²) in [4.78, 5) is 1.33. The number of nitrogens with zero attached hydrogens (tertiary/aromatic N) is 1. The number of halogens is 3. The van der Waals surface area contributed by atoms with E-state index in [1.165, 1.54) is 4.90 Å². The van der Waals surface area contributed by atoms with Crippen LogP contribution in [0.3, 0.4) is 0 Å². The van der Waals surface area contributed by atoms with E-state index in [0.29, 0.717) is 6.54 Å². The summed E-state index contributed by atoms with van der Waals surface area (Å²) in [5, 5.41) is 0. The first-order valence-corrected chi connectivity index (χ1v) is 6.34. The predicted octanol–water partition coefficient (Wildman–Crippen LogP) is 2.42. The third-order valence-corrected chi connectivity index (χ3v) is 3.98. The van der Waals surface area contributed by atoms with Gasteiger partial charge in [-0.15, -0.1) is 0 Å². The molecule has 0 N–H and O–H groups in total. The molecule has 0 saturated carbocycles. The van der Waals surface area contributed by atoms with E-state index in [4.69, 9.17) is 9.31 Å². The number of hydrogen-bond acceptors (Lipinski definition) is 3. The molecule has 3 nitrogen and oxygen atoms in total. The second-order valence-electron chi connectivity index (χ2n) is 6.15. The first-order chi connectivity index (χ1) is 8.50. The molecule has 2 rings (SSSR count). The van der Waals surface area contributed by atoms with Gasteiger partial charge in [0.1, 0.15) is 0 Å². The van der Waals surface area contributed by atoms with Crippen LogP contribution < -0.4 is 0 Å². The van der Waals surface area contributed by atoms with E-state index in [1.54, 1.807) is 6.08 Å². The molecule has 0 aliphatic carbocycles. The molecule has 0 radical (unpaired) electrons. The van der Waals surface area contributed by atoms with Crippen LogP contribution in [0, 0.1) is 0 Å². The fourth-order valence-corrected chi connectivity index (χ4v) is 2.17. The van der Waals surface area contributed by atoms with Gasteiger partial charge in [-0.3, -0.25) is 4.90 Å². The highest BCUT2D eigenvalue weighted by Gasteiger charge is 2.53. The van der Waals surface area contributed by atoms with Crippen molar-refractivity contribution in [2.45, 2.75) is 45.1 Å². The molecule has 2 aliphatic heterocycles. The second-order valence-corrected chi connectivity index (χ2v) is 6.15. The Hall–Kier alpha value is -0.525. The summed E-state index contributed by atoms with van der Waals surface area (Å²) in [5.74, 6) is 0. The molecule has 0 spiro atoms. The van der Waals surface area contributed by atoms with Gasteiger partial charge in [0.05, 0.1) is 17.7 Å². The highest BCUT2D eigenvalue weighted by Crippen LogP contribution is 2.39. The normalized spacial score (nSPS) is 26.9. The summed E-state index contributed by atoms with van der Waals surface area (Å²) >= 11 is 0. The Balaban J connectivity index is 1.96. The van der Waals surface area contributed by atoms with Crippen LogP contribution in [-0.4, -0.2) is 49.0 Å². The molecule has 0 unspecified atom stereocenters. The highest BCUT2D eigenvalue weighted by molar-refractivity contribution is 6.54. The molecule has 1 fully saturated rings. The van der Waals surface area contributed by atoms with Crippen molar-refractivity contribution in [3.8, 4) is 0 Å². The number of alkyl halides is 3. The lowest BCUT2D eigenvalue weighted by Crippen LogP contribution is -2.41. The van der Waals surface area contributed by atoms with E-state index in [-0.39, 0.29) is 6.54 Å². The summed E-state index contributed by atoms with van der Waals surface area (Å²) in [6, 6.07) is 0. The van der Waals surface area contributed by atoms with E-state index in [1.807, 2.05) is 27.7 Å². The van der Waals surface area contributed by atoms with E-state index >= 15 is 0 Å². The molecule has 2 aliphatic rings. The Morgan fingerprint density at radius 1 is 1.21 bits per heavy atom. The van der Waals surface area contributed by atoms with Crippen molar-refractivity contribution in [2.24, 2.45) is 0 Å². The van der Waals surface area contributed by atoms with Crippen LogP contribution in [0.2, 0.25) is 0 Å². The van der Waals surface area contributed by atoms with Gasteiger partial charge in [0.15, 0.2) is 0 Å². The zero-order valence-corrected chi connectivity index (χ0v) is 11.7. The van der Waals surface area contributed by atoms with Crippen LogP contribution in [0.4, 0.5) is 13.2 Å². The molecule has 0 atom stereocenters. The summed E-state index contributed by atoms with van der Waals surface area (Å²) in [6.07, 6.45) is -2.40. The van der Waals surface area contributed by atoms with Crippen LogP contribution in [0.25, 0.3) is 0 Å². The minimum atomic E-state index is -4.17. The third-order valence-electron chi connectivity index (χ3n) is 3.98. The molecule has 0 amide bonds. The highest BCUT2D eigenvalue weighted by atomic mass is 19.4. The van der Waals surface area contributed by atoms with Crippen LogP contribution in [0.15, 0.2) is 11.5 Å². The summed E-state index contributed by atoms with van der Waals surface area (Å²) < 4.78 is 48.6. The molecule has 0 aromatic heterocycles. The molecule has 0 aromatic carbocycles. The molecule has 7 heteroatoms. The van der Waals surface area contributed by atoms with Gasteiger partial charge < -0.3 is 9.31 Å². The lowest BCUT2D eigenvalue weighted by atomic mass is 9.79. The summed E-state index contributed by atoms with van der Waals surface area (Å²) in [5.41, 5.74) is -0.144. The van der Waals surface area contributed by atoms with Gasteiger partial charge in [0.2, 0.25) is 0 Å². The van der Waals surface area contributed by atoms with Crippen LogP contribution in [-0.2, 0) is 9.31 Å². The van der Waals surface area contributed by atoms with Crippen LogP contribution >= 0.6 is 0 Å². The molecule has 19 heavy (non-hydrogen) atoms. The monoisotopic (exact) mass is 277 g/mol. The molecule has 2 heterocycles. The molecule has 0 aromatic rings. The van der Waals surface area contributed by atoms with Crippen molar-refractivity contribution >= 4 is 7.12 Å². The lowest BCUT2D eigenvalue weighted by molar-refractivity contribution is -0.142. The van der Waals surface area contributed by atoms with E-state index in [0.717, 1.165) is 5.47 Å². The Bertz CT molecular complexity index is 377. The van der Waals surface area contributed by atoms with Crippen molar-refractivity contribution in [2.75, 3.05) is 19.6 Å². The maximum atomic E-state index is 12.3. The van der Waals surface area contributed by atoms with Crippen LogP contribution in [0.1, 0.15) is 27.7 Å². The van der Waals surface area contributed by atoms with Crippen molar-refractivity contribution < 1.29 is 22.5 Å². The zero-order chi connectivity index (χ0) is 14.5. The predicted molar refractivity (Wildman–Crippen MR) is 66.7 cm³/mol. The SMILES string of the molecule is CC1(C)OB(C2=CCN(CC(F)(F)F)C2)OC1(C)C. The topological polar surface area (TPSA) is 21.7 Å². The second kappa shape index (κ2) is 4.50.